The quantitative estimate of drug-likeness (QED) is 0.264. The van der Waals surface area contributed by atoms with Gasteiger partial charge in [0.15, 0.2) is 22.5 Å². The third kappa shape index (κ3) is 5.69. The predicted octanol–water partition coefficient (Wildman–Crippen LogP) is 2.92. The van der Waals surface area contributed by atoms with E-state index < -0.39 is 5.97 Å². The van der Waals surface area contributed by atoms with Gasteiger partial charge in [0, 0.05) is 17.7 Å². The highest BCUT2D eigenvalue weighted by molar-refractivity contribution is 7.99. The van der Waals surface area contributed by atoms with Crippen LogP contribution in [0.2, 0.25) is 0 Å². The van der Waals surface area contributed by atoms with Crippen molar-refractivity contribution in [1.29, 1.82) is 0 Å². The van der Waals surface area contributed by atoms with Gasteiger partial charge < -0.3 is 19.1 Å². The fourth-order valence-electron chi connectivity index (χ4n) is 3.01. The van der Waals surface area contributed by atoms with Crippen molar-refractivity contribution in [2.45, 2.75) is 18.6 Å². The fourth-order valence-corrected chi connectivity index (χ4v) is 3.80. The van der Waals surface area contributed by atoms with E-state index in [1.54, 1.807) is 38.5 Å². The second-order valence-electron chi connectivity index (χ2n) is 6.59. The number of amides is 1. The van der Waals surface area contributed by atoms with Crippen molar-refractivity contribution >= 4 is 29.9 Å². The van der Waals surface area contributed by atoms with Crippen molar-refractivity contribution < 1.29 is 24.2 Å². The number of nitrogens with zero attached hydrogens (tertiary/aromatic N) is 4. The zero-order valence-electron chi connectivity index (χ0n) is 18.3. The molecule has 0 atom stereocenters. The van der Waals surface area contributed by atoms with Gasteiger partial charge in [-0.2, -0.15) is 5.10 Å². The van der Waals surface area contributed by atoms with Gasteiger partial charge in [0.25, 0.3) is 5.91 Å². The lowest BCUT2D eigenvalue weighted by atomic mass is 10.1. The third-order valence-electron chi connectivity index (χ3n) is 4.59. The van der Waals surface area contributed by atoms with Gasteiger partial charge in [0.2, 0.25) is 0 Å². The number of aromatic carboxylic acids is 1. The number of hydrazone groups is 1. The van der Waals surface area contributed by atoms with Crippen LogP contribution in [0.15, 0.2) is 52.7 Å². The van der Waals surface area contributed by atoms with E-state index in [0.29, 0.717) is 34.6 Å². The van der Waals surface area contributed by atoms with Gasteiger partial charge in [-0.15, -0.1) is 10.2 Å². The molecule has 1 aromatic heterocycles. The minimum Gasteiger partial charge on any atom is -0.493 e. The maximum atomic E-state index is 12.2. The number of aromatic nitrogens is 3. The number of thioether (sulfide) groups is 1. The Hall–Kier alpha value is -3.86. The standard InChI is InChI=1S/C22H23N5O5S/c1-4-27-20(14-9-10-17(31-2)18(11-14)32-3)25-26-22(27)33-13-19(28)24-23-12-15-7-5-6-8-16(15)21(29)30/h5-12H,4,13H2,1-3H3,(H,24,28)(H,29,30). The van der Waals surface area contributed by atoms with Crippen LogP contribution in [0.25, 0.3) is 11.4 Å². The van der Waals surface area contributed by atoms with Crippen LogP contribution >= 0.6 is 11.8 Å². The van der Waals surface area contributed by atoms with E-state index in [1.807, 2.05) is 23.6 Å². The van der Waals surface area contributed by atoms with Crippen LogP contribution in [-0.4, -0.2) is 57.9 Å². The summed E-state index contributed by atoms with van der Waals surface area (Å²) in [6, 6.07) is 11.9. The van der Waals surface area contributed by atoms with Gasteiger partial charge in [0.1, 0.15) is 0 Å². The SMILES string of the molecule is CCn1c(SCC(=O)NN=Cc2ccccc2C(=O)O)nnc1-c1ccc(OC)c(OC)c1. The molecule has 10 nitrogen and oxygen atoms in total. The lowest BCUT2D eigenvalue weighted by Crippen LogP contribution is -2.20. The van der Waals surface area contributed by atoms with Crippen molar-refractivity contribution in [2.75, 3.05) is 20.0 Å². The van der Waals surface area contributed by atoms with Gasteiger partial charge in [0.05, 0.1) is 31.8 Å². The van der Waals surface area contributed by atoms with Gasteiger partial charge >= 0.3 is 5.97 Å². The van der Waals surface area contributed by atoms with Crippen LogP contribution in [0.1, 0.15) is 22.8 Å². The molecule has 0 bridgehead atoms. The number of carboxylic acid groups (broad SMARTS) is 1. The molecule has 3 aromatic rings. The van der Waals surface area contributed by atoms with Crippen LogP contribution in [0, 0.1) is 0 Å². The molecular formula is C22H23N5O5S. The number of nitrogens with one attached hydrogen (secondary N) is 1. The monoisotopic (exact) mass is 469 g/mol. The van der Waals surface area contributed by atoms with E-state index in [9.17, 15) is 14.7 Å². The summed E-state index contributed by atoms with van der Waals surface area (Å²) in [6.07, 6.45) is 1.30. The lowest BCUT2D eigenvalue weighted by Gasteiger charge is -2.10. The summed E-state index contributed by atoms with van der Waals surface area (Å²) in [7, 11) is 3.13. The second kappa shape index (κ2) is 11.1. The Morgan fingerprint density at radius 1 is 1.15 bits per heavy atom. The molecular weight excluding hydrogens is 446 g/mol. The van der Waals surface area contributed by atoms with E-state index in [1.165, 1.54) is 24.0 Å². The molecule has 0 unspecified atom stereocenters. The Morgan fingerprint density at radius 2 is 1.91 bits per heavy atom. The topological polar surface area (TPSA) is 128 Å². The Morgan fingerprint density at radius 3 is 2.61 bits per heavy atom. The van der Waals surface area contributed by atoms with Gasteiger partial charge in [-0.3, -0.25) is 4.79 Å². The summed E-state index contributed by atoms with van der Waals surface area (Å²) >= 11 is 1.22. The number of rotatable bonds is 10. The molecule has 0 radical (unpaired) electrons. The van der Waals surface area contributed by atoms with Gasteiger partial charge in [-0.1, -0.05) is 30.0 Å². The molecule has 0 aliphatic carbocycles. The van der Waals surface area contributed by atoms with E-state index in [4.69, 9.17) is 9.47 Å². The van der Waals surface area contributed by atoms with Crippen LogP contribution in [-0.2, 0) is 11.3 Å². The Balaban J connectivity index is 1.66. The first-order chi connectivity index (χ1) is 16.0. The molecule has 0 spiro atoms. The fraction of sp³-hybridized carbons (Fsp3) is 0.227. The van der Waals surface area contributed by atoms with E-state index in [0.717, 1.165) is 5.56 Å². The van der Waals surface area contributed by atoms with Crippen molar-refractivity contribution in [3.8, 4) is 22.9 Å². The summed E-state index contributed by atoms with van der Waals surface area (Å²) in [6.45, 7) is 2.56. The molecule has 0 aliphatic heterocycles. The molecule has 2 N–H and O–H groups in total. The Bertz CT molecular complexity index is 1180. The van der Waals surface area contributed by atoms with Crippen molar-refractivity contribution in [1.82, 2.24) is 20.2 Å². The number of hydrogen-bond acceptors (Lipinski definition) is 8. The molecule has 1 amide bonds. The number of carbonyl (C=O) groups is 2. The smallest absolute Gasteiger partial charge is 0.336 e. The third-order valence-corrected chi connectivity index (χ3v) is 5.56. The molecule has 33 heavy (non-hydrogen) atoms. The molecule has 1 heterocycles. The number of carboxylic acids is 1. The summed E-state index contributed by atoms with van der Waals surface area (Å²) < 4.78 is 12.5. The minimum atomic E-state index is -1.07. The highest BCUT2D eigenvalue weighted by Crippen LogP contribution is 2.32. The van der Waals surface area contributed by atoms with Crippen LogP contribution < -0.4 is 14.9 Å². The first kappa shape index (κ1) is 23.8. The lowest BCUT2D eigenvalue weighted by molar-refractivity contribution is -0.118. The molecule has 2 aromatic carbocycles. The molecule has 172 valence electrons. The molecule has 0 saturated carbocycles. The number of methoxy groups -OCH3 is 2. The molecule has 11 heteroatoms. The van der Waals surface area contributed by atoms with Crippen LogP contribution in [0.5, 0.6) is 11.5 Å². The molecule has 0 fully saturated rings. The summed E-state index contributed by atoms with van der Waals surface area (Å²) in [5.74, 6) is 0.468. The zero-order chi connectivity index (χ0) is 23.8. The predicted molar refractivity (Wildman–Crippen MR) is 124 cm³/mol. The zero-order valence-corrected chi connectivity index (χ0v) is 19.1. The highest BCUT2D eigenvalue weighted by Gasteiger charge is 2.16. The average molecular weight is 470 g/mol. The molecule has 0 aliphatic rings. The maximum absolute atomic E-state index is 12.2. The van der Waals surface area contributed by atoms with Crippen LogP contribution in [0.4, 0.5) is 0 Å². The molecule has 3 rings (SSSR count). The van der Waals surface area contributed by atoms with Gasteiger partial charge in [-0.05, 0) is 31.2 Å². The summed E-state index contributed by atoms with van der Waals surface area (Å²) in [5, 5.41) is 22.1. The van der Waals surface area contributed by atoms with E-state index in [-0.39, 0.29) is 17.2 Å². The largest absolute Gasteiger partial charge is 0.493 e. The van der Waals surface area contributed by atoms with Crippen molar-refractivity contribution in [3.63, 3.8) is 0 Å². The molecule has 0 saturated heterocycles. The van der Waals surface area contributed by atoms with Crippen molar-refractivity contribution in [2.24, 2.45) is 5.10 Å². The van der Waals surface area contributed by atoms with E-state index in [2.05, 4.69) is 20.7 Å². The Kier molecular flexibility index (Phi) is 8.03. The first-order valence-electron chi connectivity index (χ1n) is 9.91. The van der Waals surface area contributed by atoms with Crippen molar-refractivity contribution in [3.05, 3.63) is 53.6 Å². The van der Waals surface area contributed by atoms with Gasteiger partial charge in [-0.25, -0.2) is 10.2 Å². The van der Waals surface area contributed by atoms with Crippen LogP contribution in [0.3, 0.4) is 0 Å². The summed E-state index contributed by atoms with van der Waals surface area (Å²) in [5.41, 5.74) is 3.70. The number of carbonyl (C=O) groups excluding carboxylic acids is 1. The maximum Gasteiger partial charge on any atom is 0.336 e. The van der Waals surface area contributed by atoms with E-state index >= 15 is 0 Å². The normalized spacial score (nSPS) is 10.9. The first-order valence-corrected chi connectivity index (χ1v) is 10.9. The highest BCUT2D eigenvalue weighted by atomic mass is 32.2. The second-order valence-corrected chi connectivity index (χ2v) is 7.54. The number of ether oxygens (including phenoxy) is 2. The Labute approximate surface area is 194 Å². The minimum absolute atomic E-state index is 0.0575. The average Bonchev–Trinajstić information content (AvgIpc) is 3.25. The summed E-state index contributed by atoms with van der Waals surface area (Å²) in [4.78, 5) is 23.4. The number of hydrogen-bond donors (Lipinski definition) is 2. The number of benzene rings is 2.